The minimum Gasteiger partial charge on any atom is -0.255 e. The number of nitrogens with zero attached hydrogens (tertiary/aromatic N) is 4. The van der Waals surface area contributed by atoms with Gasteiger partial charge < -0.3 is 0 Å². The zero-order chi connectivity index (χ0) is 38.9. The van der Waals surface area contributed by atoms with Gasteiger partial charge in [-0.25, -0.2) is 9.97 Å². The summed E-state index contributed by atoms with van der Waals surface area (Å²) in [5, 5.41) is 11.2. The number of rotatable bonds is 5. The molecule has 4 nitrogen and oxygen atoms in total. The number of aromatic nitrogens is 4. The topological polar surface area (TPSA) is 51.6 Å². The van der Waals surface area contributed by atoms with Gasteiger partial charge >= 0.3 is 0 Å². The smallest absolute Gasteiger partial charge is 0.0900 e. The predicted octanol–water partition coefficient (Wildman–Crippen LogP) is 14.6. The third-order valence-electron chi connectivity index (χ3n) is 11.5. The molecule has 12 aromatic rings. The van der Waals surface area contributed by atoms with Crippen molar-refractivity contribution < 1.29 is 0 Å². The van der Waals surface area contributed by atoms with Gasteiger partial charge in [0.05, 0.1) is 38.7 Å². The summed E-state index contributed by atoms with van der Waals surface area (Å²) in [4.78, 5) is 19.9. The van der Waals surface area contributed by atoms with E-state index in [9.17, 15) is 0 Å². The summed E-state index contributed by atoms with van der Waals surface area (Å²) in [6.45, 7) is 0. The van der Waals surface area contributed by atoms with E-state index in [0.29, 0.717) is 0 Å². The summed E-state index contributed by atoms with van der Waals surface area (Å²) in [7, 11) is 0. The first-order valence-electron chi connectivity index (χ1n) is 19.8. The zero-order valence-electron chi connectivity index (χ0n) is 31.7. The quantitative estimate of drug-likeness (QED) is 0.164. The minimum atomic E-state index is 0.803. The van der Waals surface area contributed by atoms with Gasteiger partial charge in [0.25, 0.3) is 0 Å². The fraction of sp³-hybridized carbons (Fsp3) is 0. The Balaban J connectivity index is 1.07. The van der Waals surface area contributed by atoms with Crippen LogP contribution in [-0.4, -0.2) is 19.9 Å². The molecule has 12 rings (SSSR count). The summed E-state index contributed by atoms with van der Waals surface area (Å²) in [5.41, 5.74) is 10.8. The van der Waals surface area contributed by atoms with Gasteiger partial charge in [-0.15, -0.1) is 11.3 Å². The molecule has 274 valence electrons. The Morgan fingerprint density at radius 1 is 0.339 bits per heavy atom. The first-order chi connectivity index (χ1) is 29.2. The molecule has 0 aliphatic heterocycles. The number of fused-ring (bicyclic) bond motifs is 11. The maximum absolute atomic E-state index is 5.56. The van der Waals surface area contributed by atoms with Crippen LogP contribution in [0.25, 0.3) is 120 Å². The molecule has 0 bridgehead atoms. The molecule has 0 aliphatic rings. The highest BCUT2D eigenvalue weighted by Crippen LogP contribution is 2.47. The van der Waals surface area contributed by atoms with Crippen molar-refractivity contribution in [3.05, 3.63) is 194 Å². The van der Waals surface area contributed by atoms with E-state index in [1.54, 1.807) is 0 Å². The Hall–Kier alpha value is -7.60. The van der Waals surface area contributed by atoms with E-state index < -0.39 is 0 Å². The average Bonchev–Trinajstić information content (AvgIpc) is 3.71. The second-order valence-corrected chi connectivity index (χ2v) is 16.0. The van der Waals surface area contributed by atoms with E-state index in [4.69, 9.17) is 9.97 Å². The van der Waals surface area contributed by atoms with Crippen LogP contribution in [0.4, 0.5) is 0 Å². The number of thiophene rings is 1. The normalized spacial score (nSPS) is 11.7. The van der Waals surface area contributed by atoms with Crippen molar-refractivity contribution in [3.8, 4) is 56.3 Å². The first kappa shape index (κ1) is 33.5. The van der Waals surface area contributed by atoms with E-state index in [1.165, 1.54) is 52.5 Å². The van der Waals surface area contributed by atoms with Gasteiger partial charge in [0.15, 0.2) is 0 Å². The van der Waals surface area contributed by atoms with Crippen LogP contribution in [0, 0.1) is 0 Å². The molecule has 0 saturated heterocycles. The van der Waals surface area contributed by atoms with E-state index in [-0.39, 0.29) is 0 Å². The van der Waals surface area contributed by atoms with E-state index in [2.05, 4.69) is 156 Å². The molecule has 0 fully saturated rings. The molecule has 0 N–H and O–H groups in total. The fourth-order valence-electron chi connectivity index (χ4n) is 8.87. The molecule has 0 saturated carbocycles. The summed E-state index contributed by atoms with van der Waals surface area (Å²) < 4.78 is 2.45. The maximum atomic E-state index is 5.56. The summed E-state index contributed by atoms with van der Waals surface area (Å²) in [5.74, 6) is 0. The highest BCUT2D eigenvalue weighted by Gasteiger charge is 2.20. The van der Waals surface area contributed by atoms with E-state index >= 15 is 0 Å². The number of hydrogen-bond acceptors (Lipinski definition) is 5. The average molecular weight is 769 g/mol. The van der Waals surface area contributed by atoms with Gasteiger partial charge in [-0.05, 0) is 115 Å². The highest BCUT2D eigenvalue weighted by molar-refractivity contribution is 7.26. The summed E-state index contributed by atoms with van der Waals surface area (Å²) in [6, 6.07) is 64.7. The standard InChI is InChI=1S/C54H32N4S/c1-2-17-40-38(15-1)39-16-3-4-18-41(39)44-30-35(25-26-42(40)44)53-54-52(43-19-5-6-24-50(43)59-54)51-37(20-12-23-47(51)58-53)34-14-11-13-33(29-34)36-31-48(45-21-7-9-27-55-45)57-49(32-36)46-22-8-10-28-56-46/h1-32H. The number of benzene rings is 7. The third-order valence-corrected chi connectivity index (χ3v) is 12.7. The SMILES string of the molecule is c1ccc(-c2cc(-c3cccc(-c4cccc5nc(-c6ccc7c8ccccc8c8ccccc8c7c6)c6sc7ccccc7c6c45)c3)cc(-c3ccccn3)n2)nc1. The van der Waals surface area contributed by atoms with Gasteiger partial charge in [0.2, 0.25) is 0 Å². The highest BCUT2D eigenvalue weighted by atomic mass is 32.1. The number of hydrogen-bond donors (Lipinski definition) is 0. The molecule has 0 spiro atoms. The lowest BCUT2D eigenvalue weighted by Crippen LogP contribution is -1.94. The van der Waals surface area contributed by atoms with E-state index in [0.717, 1.165) is 67.2 Å². The van der Waals surface area contributed by atoms with Crippen LogP contribution in [0.2, 0.25) is 0 Å². The second-order valence-electron chi connectivity index (χ2n) is 15.0. The zero-order valence-corrected chi connectivity index (χ0v) is 32.5. The van der Waals surface area contributed by atoms with Crippen molar-refractivity contribution in [1.82, 2.24) is 19.9 Å². The van der Waals surface area contributed by atoms with Crippen molar-refractivity contribution in [2.45, 2.75) is 0 Å². The fourth-order valence-corrected chi connectivity index (χ4v) is 10.1. The van der Waals surface area contributed by atoms with E-state index in [1.807, 2.05) is 60.1 Å². The van der Waals surface area contributed by atoms with Crippen LogP contribution in [-0.2, 0) is 0 Å². The molecule has 0 aliphatic carbocycles. The van der Waals surface area contributed by atoms with Gasteiger partial charge in [0.1, 0.15) is 0 Å². The molecule has 0 radical (unpaired) electrons. The Morgan fingerprint density at radius 2 is 0.932 bits per heavy atom. The molecule has 0 unspecified atom stereocenters. The molecule has 0 amide bonds. The van der Waals surface area contributed by atoms with Crippen molar-refractivity contribution in [2.75, 3.05) is 0 Å². The Bertz CT molecular complexity index is 3520. The summed E-state index contributed by atoms with van der Waals surface area (Å²) in [6.07, 6.45) is 3.62. The van der Waals surface area contributed by atoms with Crippen molar-refractivity contribution in [2.24, 2.45) is 0 Å². The lowest BCUT2D eigenvalue weighted by atomic mass is 9.91. The van der Waals surface area contributed by atoms with Crippen molar-refractivity contribution in [1.29, 1.82) is 0 Å². The molecule has 59 heavy (non-hydrogen) atoms. The van der Waals surface area contributed by atoms with Crippen LogP contribution in [0.15, 0.2) is 194 Å². The molecular formula is C54H32N4S. The molecule has 5 heteroatoms. The van der Waals surface area contributed by atoms with Crippen LogP contribution >= 0.6 is 11.3 Å². The van der Waals surface area contributed by atoms with Crippen molar-refractivity contribution >= 4 is 74.7 Å². The molecule has 5 heterocycles. The van der Waals surface area contributed by atoms with Crippen LogP contribution in [0.1, 0.15) is 0 Å². The lowest BCUT2D eigenvalue weighted by molar-refractivity contribution is 1.22. The Morgan fingerprint density at radius 3 is 1.61 bits per heavy atom. The number of pyridine rings is 4. The predicted molar refractivity (Wildman–Crippen MR) is 248 cm³/mol. The van der Waals surface area contributed by atoms with Gasteiger partial charge in [0, 0.05) is 38.8 Å². The molecular weight excluding hydrogens is 737 g/mol. The minimum absolute atomic E-state index is 0.803. The molecule has 0 atom stereocenters. The monoisotopic (exact) mass is 768 g/mol. The van der Waals surface area contributed by atoms with Crippen LogP contribution < -0.4 is 0 Å². The maximum Gasteiger partial charge on any atom is 0.0900 e. The third kappa shape index (κ3) is 5.51. The second kappa shape index (κ2) is 13.5. The molecule has 7 aromatic carbocycles. The largest absolute Gasteiger partial charge is 0.255 e. The first-order valence-corrected chi connectivity index (χ1v) is 20.6. The van der Waals surface area contributed by atoms with Crippen LogP contribution in [0.3, 0.4) is 0 Å². The lowest BCUT2D eigenvalue weighted by Gasteiger charge is -2.15. The van der Waals surface area contributed by atoms with Crippen molar-refractivity contribution in [3.63, 3.8) is 0 Å². The van der Waals surface area contributed by atoms with Gasteiger partial charge in [-0.2, -0.15) is 0 Å². The molecule has 5 aromatic heterocycles. The Labute approximate surface area is 343 Å². The van der Waals surface area contributed by atoms with Crippen LogP contribution in [0.5, 0.6) is 0 Å². The summed E-state index contributed by atoms with van der Waals surface area (Å²) >= 11 is 1.83. The van der Waals surface area contributed by atoms with Gasteiger partial charge in [-0.3, -0.25) is 9.97 Å². The Kier molecular flexibility index (Phi) is 7.68. The van der Waals surface area contributed by atoms with Gasteiger partial charge in [-0.1, -0.05) is 121 Å².